The van der Waals surface area contributed by atoms with Gasteiger partial charge in [-0.15, -0.1) is 0 Å². The normalized spacial score (nSPS) is 19.4. The number of ether oxygens (including phenoxy) is 2. The maximum absolute atomic E-state index is 10.3. The Morgan fingerprint density at radius 2 is 2.07 bits per heavy atom. The minimum atomic E-state index is -0.756. The van der Waals surface area contributed by atoms with Crippen LogP contribution < -0.4 is 0 Å². The number of aldehydes is 1. The minimum absolute atomic E-state index is 0.633. The topological polar surface area (TPSA) is 35.5 Å². The number of benzene rings is 1. The van der Waals surface area contributed by atoms with Crippen LogP contribution in [0.15, 0.2) is 42.4 Å². The van der Waals surface area contributed by atoms with Crippen LogP contribution in [0.5, 0.6) is 0 Å². The van der Waals surface area contributed by atoms with Gasteiger partial charge < -0.3 is 9.47 Å². The first kappa shape index (κ1) is 8.81. The first-order valence-corrected chi connectivity index (χ1v) is 4.39. The van der Waals surface area contributed by atoms with Crippen LogP contribution in [-0.2, 0) is 20.7 Å². The van der Waals surface area contributed by atoms with E-state index in [1.165, 1.54) is 6.26 Å². The third-order valence-electron chi connectivity index (χ3n) is 1.93. The minimum Gasteiger partial charge on any atom is -0.452 e. The van der Waals surface area contributed by atoms with Gasteiger partial charge >= 0.3 is 0 Å². The summed E-state index contributed by atoms with van der Waals surface area (Å²) >= 11 is 0. The molecule has 2 rings (SSSR count). The van der Waals surface area contributed by atoms with E-state index in [1.807, 2.05) is 30.3 Å². The molecule has 0 saturated heterocycles. The average molecular weight is 190 g/mol. The number of carbonyl (C=O) groups excluding carboxylic acids is 1. The summed E-state index contributed by atoms with van der Waals surface area (Å²) in [7, 11) is 0. The van der Waals surface area contributed by atoms with Crippen molar-refractivity contribution in [2.75, 3.05) is 0 Å². The Balaban J connectivity index is 1.97. The van der Waals surface area contributed by atoms with Crippen LogP contribution in [0.4, 0.5) is 0 Å². The molecule has 0 bridgehead atoms. The SMILES string of the molecule is O=CC1OC=C(Cc2ccccc2)O1. The Morgan fingerprint density at radius 1 is 1.29 bits per heavy atom. The zero-order valence-electron chi connectivity index (χ0n) is 7.55. The molecule has 1 aromatic carbocycles. The monoisotopic (exact) mass is 190 g/mol. The average Bonchev–Trinajstić information content (AvgIpc) is 2.67. The highest BCUT2D eigenvalue weighted by Crippen LogP contribution is 2.17. The molecule has 0 radical (unpaired) electrons. The maximum atomic E-state index is 10.3. The standard InChI is InChI=1S/C11H10O3/c12-7-11-13-8-10(14-11)6-9-4-2-1-3-5-9/h1-5,7-8,11H,6H2. The van der Waals surface area contributed by atoms with E-state index in [2.05, 4.69) is 0 Å². The molecule has 14 heavy (non-hydrogen) atoms. The van der Waals surface area contributed by atoms with Crippen LogP contribution in [-0.4, -0.2) is 12.6 Å². The molecule has 0 aliphatic carbocycles. The van der Waals surface area contributed by atoms with Crippen molar-refractivity contribution in [1.82, 2.24) is 0 Å². The molecule has 0 spiro atoms. The van der Waals surface area contributed by atoms with Crippen molar-refractivity contribution in [3.63, 3.8) is 0 Å². The van der Waals surface area contributed by atoms with Gasteiger partial charge in [0.05, 0.1) is 0 Å². The summed E-state index contributed by atoms with van der Waals surface area (Å²) in [6.07, 6.45) is 2.03. The van der Waals surface area contributed by atoms with Gasteiger partial charge in [0.25, 0.3) is 6.29 Å². The van der Waals surface area contributed by atoms with Gasteiger partial charge in [-0.3, -0.25) is 4.79 Å². The van der Waals surface area contributed by atoms with Gasteiger partial charge in [-0.1, -0.05) is 30.3 Å². The van der Waals surface area contributed by atoms with Crippen molar-refractivity contribution in [1.29, 1.82) is 0 Å². The van der Waals surface area contributed by atoms with Crippen LogP contribution in [0, 0.1) is 0 Å². The van der Waals surface area contributed by atoms with E-state index in [-0.39, 0.29) is 0 Å². The number of hydrogen-bond donors (Lipinski definition) is 0. The first-order chi connectivity index (χ1) is 6.88. The molecule has 0 N–H and O–H groups in total. The summed E-state index contributed by atoms with van der Waals surface area (Å²) in [5.41, 5.74) is 1.13. The van der Waals surface area contributed by atoms with Crippen molar-refractivity contribution >= 4 is 6.29 Å². The van der Waals surface area contributed by atoms with E-state index in [9.17, 15) is 4.79 Å². The predicted molar refractivity (Wildman–Crippen MR) is 50.3 cm³/mol. The third kappa shape index (κ3) is 1.93. The molecule has 1 aromatic rings. The molecule has 0 fully saturated rings. The summed E-state index contributed by atoms with van der Waals surface area (Å²) in [4.78, 5) is 10.3. The second-order valence-corrected chi connectivity index (χ2v) is 3.00. The summed E-state index contributed by atoms with van der Waals surface area (Å²) in [5.74, 6) is 0.688. The summed E-state index contributed by atoms with van der Waals surface area (Å²) < 4.78 is 10.1. The van der Waals surface area contributed by atoms with Crippen molar-refractivity contribution in [2.45, 2.75) is 12.7 Å². The smallest absolute Gasteiger partial charge is 0.296 e. The summed E-state index contributed by atoms with van der Waals surface area (Å²) in [5, 5.41) is 0. The quantitative estimate of drug-likeness (QED) is 0.680. The molecule has 0 saturated carbocycles. The molecule has 0 aromatic heterocycles. The van der Waals surface area contributed by atoms with Crippen LogP contribution >= 0.6 is 0 Å². The van der Waals surface area contributed by atoms with Gasteiger partial charge in [0, 0.05) is 6.42 Å². The van der Waals surface area contributed by atoms with Gasteiger partial charge in [-0.2, -0.15) is 0 Å². The highest BCUT2D eigenvalue weighted by molar-refractivity contribution is 5.54. The Morgan fingerprint density at radius 3 is 2.71 bits per heavy atom. The van der Waals surface area contributed by atoms with Crippen LogP contribution in [0.1, 0.15) is 5.56 Å². The van der Waals surface area contributed by atoms with Crippen LogP contribution in [0.25, 0.3) is 0 Å². The van der Waals surface area contributed by atoms with Crippen LogP contribution in [0.2, 0.25) is 0 Å². The number of carbonyl (C=O) groups is 1. The molecule has 1 unspecified atom stereocenters. The lowest BCUT2D eigenvalue weighted by Crippen LogP contribution is -2.09. The van der Waals surface area contributed by atoms with E-state index in [4.69, 9.17) is 9.47 Å². The Hall–Kier alpha value is -1.77. The van der Waals surface area contributed by atoms with E-state index < -0.39 is 6.29 Å². The number of hydrogen-bond acceptors (Lipinski definition) is 3. The maximum Gasteiger partial charge on any atom is 0.296 e. The Labute approximate surface area is 81.9 Å². The zero-order chi connectivity index (χ0) is 9.80. The molecule has 3 heteroatoms. The lowest BCUT2D eigenvalue weighted by molar-refractivity contribution is -0.129. The van der Waals surface area contributed by atoms with Gasteiger partial charge in [0.2, 0.25) is 6.29 Å². The zero-order valence-corrected chi connectivity index (χ0v) is 7.55. The number of allylic oxidation sites excluding steroid dienone is 1. The first-order valence-electron chi connectivity index (χ1n) is 4.39. The summed E-state index contributed by atoms with van der Waals surface area (Å²) in [6.45, 7) is 0. The van der Waals surface area contributed by atoms with Crippen LogP contribution in [0.3, 0.4) is 0 Å². The molecule has 0 amide bonds. The van der Waals surface area contributed by atoms with Gasteiger partial charge in [-0.05, 0) is 5.56 Å². The van der Waals surface area contributed by atoms with Crippen molar-refractivity contribution < 1.29 is 14.3 Å². The van der Waals surface area contributed by atoms with E-state index in [0.717, 1.165) is 5.56 Å². The van der Waals surface area contributed by atoms with Gasteiger partial charge in [-0.25, -0.2) is 0 Å². The fourth-order valence-corrected chi connectivity index (χ4v) is 1.29. The molecule has 72 valence electrons. The highest BCUT2D eigenvalue weighted by atomic mass is 16.7. The predicted octanol–water partition coefficient (Wildman–Crippen LogP) is 1.64. The fourth-order valence-electron chi connectivity index (χ4n) is 1.29. The van der Waals surface area contributed by atoms with E-state index in [1.54, 1.807) is 0 Å². The lowest BCUT2D eigenvalue weighted by atomic mass is 10.1. The second kappa shape index (κ2) is 3.96. The molecule has 1 aliphatic heterocycles. The molecule has 1 aliphatic rings. The third-order valence-corrected chi connectivity index (χ3v) is 1.93. The molecule has 3 nitrogen and oxygen atoms in total. The summed E-state index contributed by atoms with van der Waals surface area (Å²) in [6, 6.07) is 9.88. The Kier molecular flexibility index (Phi) is 2.49. The van der Waals surface area contributed by atoms with Crippen molar-refractivity contribution in [2.24, 2.45) is 0 Å². The second-order valence-electron chi connectivity index (χ2n) is 3.00. The largest absolute Gasteiger partial charge is 0.452 e. The van der Waals surface area contributed by atoms with Gasteiger partial charge in [0.15, 0.2) is 0 Å². The molecular formula is C11H10O3. The van der Waals surface area contributed by atoms with E-state index in [0.29, 0.717) is 18.5 Å². The number of rotatable bonds is 3. The fraction of sp³-hybridized carbons (Fsp3) is 0.182. The Bertz CT molecular complexity index is 343. The molecule has 1 heterocycles. The van der Waals surface area contributed by atoms with Gasteiger partial charge in [0.1, 0.15) is 12.0 Å². The highest BCUT2D eigenvalue weighted by Gasteiger charge is 2.17. The van der Waals surface area contributed by atoms with E-state index >= 15 is 0 Å². The molecular weight excluding hydrogens is 180 g/mol. The van der Waals surface area contributed by atoms with Crippen molar-refractivity contribution in [3.8, 4) is 0 Å². The van der Waals surface area contributed by atoms with Crippen molar-refractivity contribution in [3.05, 3.63) is 47.9 Å². The molecule has 1 atom stereocenters. The lowest BCUT2D eigenvalue weighted by Gasteiger charge is -2.04.